The number of hydrogen-bond donors (Lipinski definition) is 0. The largest absolute Gasteiger partial charge is 0.292 e. The van der Waals surface area contributed by atoms with E-state index in [0.717, 1.165) is 11.2 Å². The Morgan fingerprint density at radius 2 is 1.92 bits per heavy atom. The molecular weight excluding hydrogens is 166 g/mol. The molecule has 0 radical (unpaired) electrons. The predicted octanol–water partition coefficient (Wildman–Crippen LogP) is 0.580. The van der Waals surface area contributed by atoms with E-state index in [1.54, 1.807) is 16.4 Å². The van der Waals surface area contributed by atoms with Gasteiger partial charge in [-0.3, -0.25) is 14.2 Å². The Labute approximate surface area is 75.4 Å². The molecule has 0 saturated carbocycles. The Morgan fingerprint density at radius 3 is 2.62 bits per heavy atom. The zero-order valence-electron chi connectivity index (χ0n) is 7.90. The van der Waals surface area contributed by atoms with E-state index in [-0.39, 0.29) is 5.56 Å². The SMILES string of the molecule is Cc1ccc2c(n1)c(=O)n(C)n2C. The number of aryl methyl sites for hydroxylation is 2. The summed E-state index contributed by atoms with van der Waals surface area (Å²) >= 11 is 0. The van der Waals surface area contributed by atoms with Gasteiger partial charge in [0.25, 0.3) is 5.56 Å². The van der Waals surface area contributed by atoms with Crippen molar-refractivity contribution in [3.8, 4) is 0 Å². The summed E-state index contributed by atoms with van der Waals surface area (Å²) in [7, 11) is 3.58. The van der Waals surface area contributed by atoms with Crippen LogP contribution in [0.5, 0.6) is 0 Å². The number of pyridine rings is 1. The van der Waals surface area contributed by atoms with Gasteiger partial charge in [-0.05, 0) is 19.1 Å². The first-order valence-electron chi connectivity index (χ1n) is 4.10. The lowest BCUT2D eigenvalue weighted by Crippen LogP contribution is -2.16. The van der Waals surface area contributed by atoms with Crippen molar-refractivity contribution in [3.05, 3.63) is 28.2 Å². The van der Waals surface area contributed by atoms with Gasteiger partial charge >= 0.3 is 0 Å². The molecule has 2 heterocycles. The first-order chi connectivity index (χ1) is 6.11. The first-order valence-corrected chi connectivity index (χ1v) is 4.10. The van der Waals surface area contributed by atoms with Crippen LogP contribution < -0.4 is 5.56 Å². The van der Waals surface area contributed by atoms with Crippen molar-refractivity contribution in [3.63, 3.8) is 0 Å². The molecule has 4 heteroatoms. The minimum atomic E-state index is -0.0406. The summed E-state index contributed by atoms with van der Waals surface area (Å²) in [6.07, 6.45) is 0. The van der Waals surface area contributed by atoms with Crippen LogP contribution in [0.4, 0.5) is 0 Å². The standard InChI is InChI=1S/C9H11N3O/c1-6-4-5-7-8(10-6)9(13)12(3)11(7)2/h4-5H,1-3H3. The van der Waals surface area contributed by atoms with Crippen molar-refractivity contribution in [1.82, 2.24) is 14.3 Å². The Morgan fingerprint density at radius 1 is 1.23 bits per heavy atom. The second-order valence-corrected chi connectivity index (χ2v) is 3.17. The third-order valence-corrected chi connectivity index (χ3v) is 2.31. The molecule has 0 aromatic carbocycles. The van der Waals surface area contributed by atoms with E-state index in [4.69, 9.17) is 0 Å². The summed E-state index contributed by atoms with van der Waals surface area (Å²) in [6.45, 7) is 1.88. The van der Waals surface area contributed by atoms with Crippen molar-refractivity contribution in [2.24, 2.45) is 14.1 Å². The van der Waals surface area contributed by atoms with Crippen LogP contribution in [-0.2, 0) is 14.1 Å². The quantitative estimate of drug-likeness (QED) is 0.590. The van der Waals surface area contributed by atoms with Gasteiger partial charge in [0.15, 0.2) is 5.52 Å². The van der Waals surface area contributed by atoms with Crippen LogP contribution in [0.3, 0.4) is 0 Å². The Kier molecular flexibility index (Phi) is 1.52. The fourth-order valence-electron chi connectivity index (χ4n) is 1.42. The van der Waals surface area contributed by atoms with E-state index in [2.05, 4.69) is 4.98 Å². The zero-order valence-corrected chi connectivity index (χ0v) is 7.90. The Balaban J connectivity index is 3.04. The van der Waals surface area contributed by atoms with Crippen molar-refractivity contribution in [2.75, 3.05) is 0 Å². The minimum absolute atomic E-state index is 0.0406. The van der Waals surface area contributed by atoms with Gasteiger partial charge in [-0.2, -0.15) is 0 Å². The van der Waals surface area contributed by atoms with E-state index in [1.807, 2.05) is 26.1 Å². The molecule has 0 saturated heterocycles. The van der Waals surface area contributed by atoms with Gasteiger partial charge in [0, 0.05) is 19.8 Å². The second-order valence-electron chi connectivity index (χ2n) is 3.17. The molecule has 0 aliphatic carbocycles. The lowest BCUT2D eigenvalue weighted by Gasteiger charge is -1.98. The van der Waals surface area contributed by atoms with E-state index < -0.39 is 0 Å². The van der Waals surface area contributed by atoms with Gasteiger partial charge < -0.3 is 0 Å². The molecule has 0 unspecified atom stereocenters. The zero-order chi connectivity index (χ0) is 9.59. The van der Waals surface area contributed by atoms with Crippen LogP contribution in [0.2, 0.25) is 0 Å². The van der Waals surface area contributed by atoms with Gasteiger partial charge in [-0.1, -0.05) is 0 Å². The molecule has 2 rings (SSSR count). The number of aromatic nitrogens is 3. The highest BCUT2D eigenvalue weighted by molar-refractivity contribution is 5.74. The summed E-state index contributed by atoms with van der Waals surface area (Å²) in [5.41, 5.74) is 2.25. The van der Waals surface area contributed by atoms with E-state index in [0.29, 0.717) is 5.52 Å². The minimum Gasteiger partial charge on any atom is -0.284 e. The third kappa shape index (κ3) is 0.983. The van der Waals surface area contributed by atoms with Gasteiger partial charge in [0.2, 0.25) is 0 Å². The van der Waals surface area contributed by atoms with Crippen molar-refractivity contribution in [2.45, 2.75) is 6.92 Å². The molecule has 13 heavy (non-hydrogen) atoms. The smallest absolute Gasteiger partial charge is 0.284 e. The molecular formula is C9H11N3O. The molecule has 0 aliphatic rings. The highest BCUT2D eigenvalue weighted by Crippen LogP contribution is 2.07. The first kappa shape index (κ1) is 8.04. The van der Waals surface area contributed by atoms with Crippen LogP contribution in [-0.4, -0.2) is 14.3 Å². The van der Waals surface area contributed by atoms with E-state index >= 15 is 0 Å². The predicted molar refractivity (Wildman–Crippen MR) is 50.7 cm³/mol. The van der Waals surface area contributed by atoms with Crippen molar-refractivity contribution in [1.29, 1.82) is 0 Å². The monoisotopic (exact) mass is 177 g/mol. The fraction of sp³-hybridized carbons (Fsp3) is 0.333. The maximum absolute atomic E-state index is 11.6. The summed E-state index contributed by atoms with van der Waals surface area (Å²) in [5, 5.41) is 0. The molecule has 4 nitrogen and oxygen atoms in total. The van der Waals surface area contributed by atoms with Crippen LogP contribution >= 0.6 is 0 Å². The lowest BCUT2D eigenvalue weighted by atomic mass is 10.3. The molecule has 0 aliphatic heterocycles. The third-order valence-electron chi connectivity index (χ3n) is 2.31. The van der Waals surface area contributed by atoms with Crippen LogP contribution in [0.15, 0.2) is 16.9 Å². The molecule has 0 bridgehead atoms. The summed E-state index contributed by atoms with van der Waals surface area (Å²) in [6, 6.07) is 3.82. The molecule has 68 valence electrons. The highest BCUT2D eigenvalue weighted by Gasteiger charge is 2.07. The van der Waals surface area contributed by atoms with E-state index in [9.17, 15) is 4.79 Å². The molecule has 2 aromatic heterocycles. The van der Waals surface area contributed by atoms with Crippen LogP contribution in [0, 0.1) is 6.92 Å². The summed E-state index contributed by atoms with van der Waals surface area (Å²) in [5.74, 6) is 0. The summed E-state index contributed by atoms with van der Waals surface area (Å²) in [4.78, 5) is 15.8. The van der Waals surface area contributed by atoms with Crippen molar-refractivity contribution < 1.29 is 0 Å². The Bertz CT molecular complexity index is 521. The normalized spacial score (nSPS) is 11.0. The molecule has 0 spiro atoms. The van der Waals surface area contributed by atoms with Gasteiger partial charge in [0.05, 0.1) is 5.52 Å². The summed E-state index contributed by atoms with van der Waals surface area (Å²) < 4.78 is 3.35. The molecule has 0 fully saturated rings. The molecule has 0 atom stereocenters. The topological polar surface area (TPSA) is 39.8 Å². The number of nitrogens with zero attached hydrogens (tertiary/aromatic N) is 3. The molecule has 2 aromatic rings. The van der Waals surface area contributed by atoms with Gasteiger partial charge in [-0.25, -0.2) is 4.98 Å². The number of hydrogen-bond acceptors (Lipinski definition) is 2. The second kappa shape index (κ2) is 2.45. The number of fused-ring (bicyclic) bond motifs is 1. The lowest BCUT2D eigenvalue weighted by molar-refractivity contribution is 0.595. The molecule has 0 amide bonds. The average Bonchev–Trinajstić information content (AvgIpc) is 2.32. The van der Waals surface area contributed by atoms with Crippen LogP contribution in [0.1, 0.15) is 5.69 Å². The van der Waals surface area contributed by atoms with E-state index in [1.165, 1.54) is 0 Å². The number of rotatable bonds is 0. The maximum atomic E-state index is 11.6. The maximum Gasteiger partial charge on any atom is 0.292 e. The van der Waals surface area contributed by atoms with Gasteiger partial charge in [-0.15, -0.1) is 0 Å². The fourth-order valence-corrected chi connectivity index (χ4v) is 1.42. The average molecular weight is 177 g/mol. The molecule has 0 N–H and O–H groups in total. The highest BCUT2D eigenvalue weighted by atomic mass is 16.1. The Hall–Kier alpha value is -1.58. The van der Waals surface area contributed by atoms with Gasteiger partial charge in [0.1, 0.15) is 0 Å². The van der Waals surface area contributed by atoms with Crippen molar-refractivity contribution >= 4 is 11.0 Å². The van der Waals surface area contributed by atoms with Crippen LogP contribution in [0.25, 0.3) is 11.0 Å².